The Bertz CT molecular complexity index is 1010. The first-order valence-corrected chi connectivity index (χ1v) is 9.50. The molecule has 0 fully saturated rings. The maximum Gasteiger partial charge on any atom is 0.182 e. The standard InChI is InChI=1S/C22H20N2OS/c1-16-6-2-3-8-18(16)15-25-21-11-10-17-7-4-5-9-19(17)20(21)14-24-22-23-12-13-26-22/h2-13H,14-15H2,1H3,(H,23,24). The third-order valence-corrected chi connectivity index (χ3v) is 5.22. The van der Waals surface area contributed by atoms with Crippen molar-refractivity contribution in [2.24, 2.45) is 0 Å². The fraction of sp³-hybridized carbons (Fsp3) is 0.136. The van der Waals surface area contributed by atoms with Crippen molar-refractivity contribution in [3.8, 4) is 5.75 Å². The minimum atomic E-state index is 0.565. The first kappa shape index (κ1) is 16.6. The summed E-state index contributed by atoms with van der Waals surface area (Å²) in [6.07, 6.45) is 1.81. The molecule has 0 aliphatic rings. The quantitative estimate of drug-likeness (QED) is 0.472. The van der Waals surface area contributed by atoms with Gasteiger partial charge in [0.05, 0.1) is 0 Å². The molecular weight excluding hydrogens is 340 g/mol. The molecule has 26 heavy (non-hydrogen) atoms. The average molecular weight is 360 g/mol. The van der Waals surface area contributed by atoms with Crippen LogP contribution in [0.25, 0.3) is 10.8 Å². The molecule has 4 heteroatoms. The third kappa shape index (κ3) is 3.55. The lowest BCUT2D eigenvalue weighted by molar-refractivity contribution is 0.303. The molecule has 4 rings (SSSR count). The molecule has 0 spiro atoms. The molecule has 0 aliphatic heterocycles. The molecule has 0 aliphatic carbocycles. The Hall–Kier alpha value is -2.85. The van der Waals surface area contributed by atoms with E-state index in [2.05, 4.69) is 77.9 Å². The topological polar surface area (TPSA) is 34.1 Å². The van der Waals surface area contributed by atoms with Crippen LogP contribution in [0.1, 0.15) is 16.7 Å². The molecule has 0 unspecified atom stereocenters. The van der Waals surface area contributed by atoms with Crippen molar-refractivity contribution < 1.29 is 4.74 Å². The van der Waals surface area contributed by atoms with Gasteiger partial charge in [0.15, 0.2) is 5.13 Å². The molecule has 0 atom stereocenters. The van der Waals surface area contributed by atoms with E-state index in [1.54, 1.807) is 11.3 Å². The summed E-state index contributed by atoms with van der Waals surface area (Å²) >= 11 is 1.60. The zero-order chi connectivity index (χ0) is 17.8. The molecule has 3 nitrogen and oxygen atoms in total. The number of ether oxygens (including phenoxy) is 1. The predicted octanol–water partition coefficient (Wildman–Crippen LogP) is 5.80. The van der Waals surface area contributed by atoms with Crippen molar-refractivity contribution >= 4 is 27.2 Å². The van der Waals surface area contributed by atoms with Crippen LogP contribution in [0.4, 0.5) is 5.13 Å². The summed E-state index contributed by atoms with van der Waals surface area (Å²) in [5.74, 6) is 0.913. The highest BCUT2D eigenvalue weighted by Crippen LogP contribution is 2.30. The largest absolute Gasteiger partial charge is 0.489 e. The Kier molecular flexibility index (Phi) is 4.84. The molecule has 0 radical (unpaired) electrons. The Morgan fingerprint density at radius 1 is 1.00 bits per heavy atom. The molecule has 0 bridgehead atoms. The lowest BCUT2D eigenvalue weighted by atomic mass is 10.0. The van der Waals surface area contributed by atoms with Crippen LogP contribution in [-0.4, -0.2) is 4.98 Å². The van der Waals surface area contributed by atoms with Gasteiger partial charge in [-0.2, -0.15) is 0 Å². The van der Waals surface area contributed by atoms with E-state index in [0.717, 1.165) is 16.4 Å². The molecule has 1 heterocycles. The normalized spacial score (nSPS) is 10.8. The van der Waals surface area contributed by atoms with Crippen LogP contribution in [0.2, 0.25) is 0 Å². The van der Waals surface area contributed by atoms with Gasteiger partial charge in [0, 0.05) is 23.7 Å². The number of fused-ring (bicyclic) bond motifs is 1. The summed E-state index contributed by atoms with van der Waals surface area (Å²) in [5.41, 5.74) is 3.61. The average Bonchev–Trinajstić information content (AvgIpc) is 3.19. The van der Waals surface area contributed by atoms with Gasteiger partial charge in [-0.15, -0.1) is 11.3 Å². The number of rotatable bonds is 6. The van der Waals surface area contributed by atoms with Crippen molar-refractivity contribution in [1.29, 1.82) is 0 Å². The molecule has 1 aromatic heterocycles. The number of benzene rings is 3. The molecule has 0 amide bonds. The Labute approximate surface area is 157 Å². The van der Waals surface area contributed by atoms with Gasteiger partial charge in [-0.3, -0.25) is 0 Å². The van der Waals surface area contributed by atoms with Gasteiger partial charge in [-0.1, -0.05) is 54.6 Å². The molecule has 0 saturated heterocycles. The third-order valence-electron chi connectivity index (χ3n) is 4.49. The maximum atomic E-state index is 6.23. The summed E-state index contributed by atoms with van der Waals surface area (Å²) in [5, 5.41) is 8.72. The highest BCUT2D eigenvalue weighted by Gasteiger charge is 2.10. The second-order valence-electron chi connectivity index (χ2n) is 6.17. The lowest BCUT2D eigenvalue weighted by Gasteiger charge is -2.15. The van der Waals surface area contributed by atoms with Crippen molar-refractivity contribution in [1.82, 2.24) is 4.98 Å². The number of nitrogens with zero attached hydrogens (tertiary/aromatic N) is 1. The molecule has 1 N–H and O–H groups in total. The van der Waals surface area contributed by atoms with E-state index in [0.29, 0.717) is 13.2 Å². The van der Waals surface area contributed by atoms with E-state index in [1.165, 1.54) is 21.9 Å². The summed E-state index contributed by atoms with van der Waals surface area (Å²) in [7, 11) is 0. The number of thiazole rings is 1. The van der Waals surface area contributed by atoms with Gasteiger partial charge in [0.2, 0.25) is 0 Å². The SMILES string of the molecule is Cc1ccccc1COc1ccc2ccccc2c1CNc1nccs1. The van der Waals surface area contributed by atoms with Crippen LogP contribution >= 0.6 is 11.3 Å². The first-order valence-electron chi connectivity index (χ1n) is 8.62. The van der Waals surface area contributed by atoms with Gasteiger partial charge in [-0.05, 0) is 34.9 Å². The number of hydrogen-bond donors (Lipinski definition) is 1. The zero-order valence-corrected chi connectivity index (χ0v) is 15.4. The first-order chi connectivity index (χ1) is 12.8. The van der Waals surface area contributed by atoms with E-state index in [4.69, 9.17) is 4.74 Å². The van der Waals surface area contributed by atoms with E-state index in [-0.39, 0.29) is 0 Å². The smallest absolute Gasteiger partial charge is 0.182 e. The summed E-state index contributed by atoms with van der Waals surface area (Å²) in [6.45, 7) is 3.36. The minimum Gasteiger partial charge on any atom is -0.489 e. The molecule has 3 aromatic carbocycles. The van der Waals surface area contributed by atoms with Gasteiger partial charge in [0.1, 0.15) is 12.4 Å². The van der Waals surface area contributed by atoms with Gasteiger partial charge in [0.25, 0.3) is 0 Å². The molecule has 0 saturated carbocycles. The van der Waals surface area contributed by atoms with Crippen LogP contribution in [0.15, 0.2) is 72.2 Å². The number of aryl methyl sites for hydroxylation is 1. The van der Waals surface area contributed by atoms with Crippen molar-refractivity contribution in [2.75, 3.05) is 5.32 Å². The van der Waals surface area contributed by atoms with Crippen molar-refractivity contribution in [3.05, 3.63) is 88.9 Å². The second kappa shape index (κ2) is 7.58. The van der Waals surface area contributed by atoms with Crippen LogP contribution in [0.5, 0.6) is 5.75 Å². The van der Waals surface area contributed by atoms with Crippen molar-refractivity contribution in [3.63, 3.8) is 0 Å². The Morgan fingerprint density at radius 3 is 2.69 bits per heavy atom. The number of hydrogen-bond acceptors (Lipinski definition) is 4. The maximum absolute atomic E-state index is 6.23. The fourth-order valence-electron chi connectivity index (χ4n) is 3.04. The van der Waals surface area contributed by atoms with Crippen LogP contribution in [0.3, 0.4) is 0 Å². The highest BCUT2D eigenvalue weighted by atomic mass is 32.1. The van der Waals surface area contributed by atoms with Crippen molar-refractivity contribution in [2.45, 2.75) is 20.1 Å². The van der Waals surface area contributed by atoms with E-state index in [1.807, 2.05) is 11.6 Å². The Morgan fingerprint density at radius 2 is 1.85 bits per heavy atom. The minimum absolute atomic E-state index is 0.565. The molecular formula is C22H20N2OS. The van der Waals surface area contributed by atoms with E-state index in [9.17, 15) is 0 Å². The fourth-order valence-corrected chi connectivity index (χ4v) is 3.56. The number of anilines is 1. The van der Waals surface area contributed by atoms with Crippen LogP contribution < -0.4 is 10.1 Å². The molecule has 4 aromatic rings. The van der Waals surface area contributed by atoms with E-state index < -0.39 is 0 Å². The number of nitrogens with one attached hydrogen (secondary N) is 1. The predicted molar refractivity (Wildman–Crippen MR) is 109 cm³/mol. The van der Waals surface area contributed by atoms with Gasteiger partial charge < -0.3 is 10.1 Å². The summed E-state index contributed by atoms with van der Waals surface area (Å²) in [4.78, 5) is 4.31. The highest BCUT2D eigenvalue weighted by molar-refractivity contribution is 7.13. The van der Waals surface area contributed by atoms with Gasteiger partial charge in [-0.25, -0.2) is 4.98 Å². The lowest BCUT2D eigenvalue weighted by Crippen LogP contribution is -2.05. The van der Waals surface area contributed by atoms with Gasteiger partial charge >= 0.3 is 0 Å². The monoisotopic (exact) mass is 360 g/mol. The zero-order valence-electron chi connectivity index (χ0n) is 14.6. The second-order valence-corrected chi connectivity index (χ2v) is 7.06. The molecule has 130 valence electrons. The summed E-state index contributed by atoms with van der Waals surface area (Å²) in [6, 6.07) is 20.9. The number of aromatic nitrogens is 1. The Balaban J connectivity index is 1.64. The summed E-state index contributed by atoms with van der Waals surface area (Å²) < 4.78 is 6.23. The van der Waals surface area contributed by atoms with Crippen LogP contribution in [0, 0.1) is 6.92 Å². The van der Waals surface area contributed by atoms with E-state index >= 15 is 0 Å². The van der Waals surface area contributed by atoms with Crippen LogP contribution in [-0.2, 0) is 13.2 Å².